The summed E-state index contributed by atoms with van der Waals surface area (Å²) in [5, 5.41) is 16.1. The Morgan fingerprint density at radius 1 is 1.32 bits per heavy atom. The maximum absolute atomic E-state index is 12.4. The van der Waals surface area contributed by atoms with Crippen molar-refractivity contribution in [2.75, 3.05) is 5.32 Å². The fraction of sp³-hybridized carbons (Fsp3) is 0.312. The van der Waals surface area contributed by atoms with Gasteiger partial charge in [0.25, 0.3) is 5.91 Å². The Labute approximate surface area is 128 Å². The third-order valence-electron chi connectivity index (χ3n) is 3.75. The minimum absolute atomic E-state index is 0.247. The van der Waals surface area contributed by atoms with Crippen LogP contribution in [0.25, 0.3) is 0 Å². The lowest BCUT2D eigenvalue weighted by Gasteiger charge is -2.10. The van der Waals surface area contributed by atoms with Crippen molar-refractivity contribution < 1.29 is 14.7 Å². The number of nitrogens with zero attached hydrogens (tertiary/aromatic N) is 2. The Morgan fingerprint density at radius 2 is 2.00 bits per heavy atom. The Bertz CT molecular complexity index is 734. The maximum atomic E-state index is 12.4. The van der Waals surface area contributed by atoms with Crippen LogP contribution >= 0.6 is 0 Å². The summed E-state index contributed by atoms with van der Waals surface area (Å²) in [6, 6.07) is 6.87. The molecule has 0 saturated carbocycles. The Hall–Kier alpha value is -2.63. The second kappa shape index (κ2) is 6.01. The van der Waals surface area contributed by atoms with Crippen molar-refractivity contribution in [1.82, 2.24) is 9.78 Å². The van der Waals surface area contributed by atoms with Gasteiger partial charge in [0.15, 0.2) is 0 Å². The lowest BCUT2D eigenvalue weighted by molar-refractivity contribution is -0.138. The number of hydrogen-bond donors (Lipinski definition) is 2. The number of amides is 1. The van der Waals surface area contributed by atoms with Crippen molar-refractivity contribution in [3.63, 3.8) is 0 Å². The van der Waals surface area contributed by atoms with Crippen molar-refractivity contribution in [3.05, 3.63) is 46.8 Å². The number of aryl methyl sites for hydroxylation is 2. The molecule has 1 aromatic heterocycles. The predicted molar refractivity (Wildman–Crippen MR) is 83.1 cm³/mol. The van der Waals surface area contributed by atoms with E-state index in [-0.39, 0.29) is 5.91 Å². The predicted octanol–water partition coefficient (Wildman–Crippen LogP) is 2.48. The van der Waals surface area contributed by atoms with E-state index in [1.807, 2.05) is 6.92 Å². The molecule has 2 aromatic rings. The van der Waals surface area contributed by atoms with Gasteiger partial charge >= 0.3 is 5.97 Å². The number of carboxylic acid groups (broad SMARTS) is 1. The standard InChI is InChI=1S/C16H19N3O3/c1-9(16(21)22)12-6-5-7-13(8-12)17-15(20)14-10(2)18-19(4)11(14)3/h5-9H,1-4H3,(H,17,20)(H,21,22). The van der Waals surface area contributed by atoms with Crippen LogP contribution in [0.3, 0.4) is 0 Å². The number of anilines is 1. The molecule has 0 radical (unpaired) electrons. The largest absolute Gasteiger partial charge is 0.481 e. The van der Waals surface area contributed by atoms with Crippen molar-refractivity contribution in [2.45, 2.75) is 26.7 Å². The first kappa shape index (κ1) is 15.8. The molecule has 6 heteroatoms. The summed E-state index contributed by atoms with van der Waals surface area (Å²) in [7, 11) is 1.79. The molecule has 2 rings (SSSR count). The van der Waals surface area contributed by atoms with Crippen LogP contribution < -0.4 is 5.32 Å². The number of carboxylic acids is 1. The number of aliphatic carboxylic acids is 1. The molecule has 22 heavy (non-hydrogen) atoms. The van der Waals surface area contributed by atoms with Gasteiger partial charge in [-0.3, -0.25) is 14.3 Å². The summed E-state index contributed by atoms with van der Waals surface area (Å²) >= 11 is 0. The fourth-order valence-corrected chi connectivity index (χ4v) is 2.32. The monoisotopic (exact) mass is 301 g/mol. The van der Waals surface area contributed by atoms with Crippen molar-refractivity contribution in [3.8, 4) is 0 Å². The molecule has 0 saturated heterocycles. The molecular weight excluding hydrogens is 282 g/mol. The number of benzene rings is 1. The lowest BCUT2D eigenvalue weighted by atomic mass is 10.0. The van der Waals surface area contributed by atoms with E-state index in [1.165, 1.54) is 0 Å². The average molecular weight is 301 g/mol. The minimum Gasteiger partial charge on any atom is -0.481 e. The SMILES string of the molecule is Cc1nn(C)c(C)c1C(=O)Nc1cccc(C(C)C(=O)O)c1. The van der Waals surface area contributed by atoms with Crippen LogP contribution in [0.4, 0.5) is 5.69 Å². The molecule has 0 aliphatic heterocycles. The van der Waals surface area contributed by atoms with Gasteiger partial charge < -0.3 is 10.4 Å². The maximum Gasteiger partial charge on any atom is 0.310 e. The summed E-state index contributed by atoms with van der Waals surface area (Å²) in [5.41, 5.74) is 3.19. The highest BCUT2D eigenvalue weighted by Gasteiger charge is 2.18. The first-order chi connectivity index (χ1) is 10.3. The molecule has 1 amide bonds. The summed E-state index contributed by atoms with van der Waals surface area (Å²) in [6.45, 7) is 5.22. The first-order valence-corrected chi connectivity index (χ1v) is 6.95. The molecule has 1 atom stereocenters. The van der Waals surface area contributed by atoms with E-state index in [0.29, 0.717) is 22.5 Å². The second-order valence-electron chi connectivity index (χ2n) is 5.31. The average Bonchev–Trinajstić information content (AvgIpc) is 2.71. The third-order valence-corrected chi connectivity index (χ3v) is 3.75. The van der Waals surface area contributed by atoms with Gasteiger partial charge in [-0.05, 0) is 38.5 Å². The zero-order valence-electron chi connectivity index (χ0n) is 13.0. The van der Waals surface area contributed by atoms with Gasteiger partial charge in [0.1, 0.15) is 0 Å². The summed E-state index contributed by atoms with van der Waals surface area (Å²) < 4.78 is 1.66. The van der Waals surface area contributed by atoms with E-state index in [4.69, 9.17) is 5.11 Å². The Morgan fingerprint density at radius 3 is 2.55 bits per heavy atom. The molecule has 116 valence electrons. The summed E-state index contributed by atoms with van der Waals surface area (Å²) in [5.74, 6) is -1.77. The summed E-state index contributed by atoms with van der Waals surface area (Å²) in [4.78, 5) is 23.5. The highest BCUT2D eigenvalue weighted by Crippen LogP contribution is 2.21. The third kappa shape index (κ3) is 3.00. The Balaban J connectivity index is 2.26. The van der Waals surface area contributed by atoms with E-state index < -0.39 is 11.9 Å². The fourth-order valence-electron chi connectivity index (χ4n) is 2.32. The zero-order chi connectivity index (χ0) is 16.4. The molecule has 2 N–H and O–H groups in total. The van der Waals surface area contributed by atoms with Crippen molar-refractivity contribution in [1.29, 1.82) is 0 Å². The van der Waals surface area contributed by atoms with Crippen molar-refractivity contribution in [2.24, 2.45) is 7.05 Å². The number of carbonyl (C=O) groups excluding carboxylic acids is 1. The topological polar surface area (TPSA) is 84.2 Å². The number of rotatable bonds is 4. The van der Waals surface area contributed by atoms with Gasteiger partial charge in [-0.2, -0.15) is 5.10 Å². The first-order valence-electron chi connectivity index (χ1n) is 6.95. The van der Waals surface area contributed by atoms with Gasteiger partial charge in [-0.1, -0.05) is 12.1 Å². The van der Waals surface area contributed by atoms with Crippen molar-refractivity contribution >= 4 is 17.6 Å². The lowest BCUT2D eigenvalue weighted by Crippen LogP contribution is -2.15. The highest BCUT2D eigenvalue weighted by molar-refractivity contribution is 6.05. The number of carbonyl (C=O) groups is 2. The molecule has 1 aromatic carbocycles. The smallest absolute Gasteiger partial charge is 0.310 e. The minimum atomic E-state index is -0.901. The molecule has 0 bridgehead atoms. The van der Waals surface area contributed by atoms with E-state index >= 15 is 0 Å². The molecule has 0 aliphatic rings. The zero-order valence-corrected chi connectivity index (χ0v) is 13.0. The number of hydrogen-bond acceptors (Lipinski definition) is 3. The number of aromatic nitrogens is 2. The van der Waals surface area contributed by atoms with E-state index in [0.717, 1.165) is 5.69 Å². The molecular formula is C16H19N3O3. The normalized spacial score (nSPS) is 12.0. The molecule has 1 unspecified atom stereocenters. The van der Waals surface area contributed by atoms with Gasteiger partial charge in [-0.15, -0.1) is 0 Å². The summed E-state index contributed by atoms with van der Waals surface area (Å²) in [6.07, 6.45) is 0. The molecule has 0 fully saturated rings. The van der Waals surface area contributed by atoms with Gasteiger partial charge in [0.05, 0.1) is 17.2 Å². The quantitative estimate of drug-likeness (QED) is 0.908. The van der Waals surface area contributed by atoms with E-state index in [1.54, 1.807) is 49.8 Å². The van der Waals surface area contributed by atoms with Crippen LogP contribution in [0.1, 0.15) is 40.2 Å². The van der Waals surface area contributed by atoms with E-state index in [2.05, 4.69) is 10.4 Å². The molecule has 0 spiro atoms. The highest BCUT2D eigenvalue weighted by atomic mass is 16.4. The van der Waals surface area contributed by atoms with Crippen LogP contribution in [-0.4, -0.2) is 26.8 Å². The van der Waals surface area contributed by atoms with Gasteiger partial charge in [-0.25, -0.2) is 0 Å². The molecule has 6 nitrogen and oxygen atoms in total. The number of nitrogens with one attached hydrogen (secondary N) is 1. The van der Waals surface area contributed by atoms with Crippen LogP contribution in [0, 0.1) is 13.8 Å². The van der Waals surface area contributed by atoms with Crippen LogP contribution in [0.15, 0.2) is 24.3 Å². The Kier molecular flexibility index (Phi) is 4.30. The molecule has 1 heterocycles. The van der Waals surface area contributed by atoms with E-state index in [9.17, 15) is 9.59 Å². The molecule has 0 aliphatic carbocycles. The van der Waals surface area contributed by atoms with Crippen LogP contribution in [0.5, 0.6) is 0 Å². The van der Waals surface area contributed by atoms with Gasteiger partial charge in [0, 0.05) is 18.4 Å². The second-order valence-corrected chi connectivity index (χ2v) is 5.31. The van der Waals surface area contributed by atoms with Crippen LogP contribution in [0.2, 0.25) is 0 Å². The van der Waals surface area contributed by atoms with Gasteiger partial charge in [0.2, 0.25) is 0 Å². The van der Waals surface area contributed by atoms with Crippen LogP contribution in [-0.2, 0) is 11.8 Å².